The van der Waals surface area contributed by atoms with Gasteiger partial charge in [0.1, 0.15) is 11.0 Å². The van der Waals surface area contributed by atoms with Gasteiger partial charge >= 0.3 is 0 Å². The van der Waals surface area contributed by atoms with Crippen molar-refractivity contribution in [2.24, 2.45) is 17.6 Å². The normalized spacial score (nSPS) is 22.5. The summed E-state index contributed by atoms with van der Waals surface area (Å²) in [6, 6.07) is 8.20. The Morgan fingerprint density at radius 1 is 1.09 bits per heavy atom. The second kappa shape index (κ2) is 13.8. The summed E-state index contributed by atoms with van der Waals surface area (Å²) >= 11 is 6.22. The number of hydrogen-bond acceptors (Lipinski definition) is 8. The van der Waals surface area contributed by atoms with Crippen molar-refractivity contribution in [2.45, 2.75) is 55.4 Å². The Morgan fingerprint density at radius 3 is 2.36 bits per heavy atom. The van der Waals surface area contributed by atoms with E-state index in [9.17, 15) is 18.0 Å². The number of carbonyl (C=O) groups excluding carboxylic acids is 2. The van der Waals surface area contributed by atoms with E-state index in [2.05, 4.69) is 10.3 Å². The van der Waals surface area contributed by atoms with Gasteiger partial charge in [0.25, 0.3) is 5.92 Å². The third-order valence-electron chi connectivity index (χ3n) is 8.97. The molecule has 1 aromatic heterocycles. The van der Waals surface area contributed by atoms with Crippen LogP contribution in [0.15, 0.2) is 41.3 Å². The molecular weight excluding hydrogens is 630 g/mol. The van der Waals surface area contributed by atoms with Gasteiger partial charge in [-0.25, -0.2) is 22.2 Å². The number of nitrogens with two attached hydrogens (primary N) is 1. The van der Waals surface area contributed by atoms with E-state index in [1.54, 1.807) is 21.9 Å². The maximum absolute atomic E-state index is 15.8. The number of nitrogens with zero attached hydrogens (tertiary/aromatic N) is 4. The molecule has 0 radical (unpaired) electrons. The standard InChI is InChI=1S/C30H39ClF2N6O5S/c31-26-16-22(30(32,33)21-5-3-20(4-6-21)29(42)35-18-23(34)19-40)17-27(36-26)37-12-14-38(15-13-37)45(43,44)25-9-7-24(8-10-25)39-11-1-2-28(39)41/h7-10,16-17,20-21,23,40H,1-6,11-15,18-19,34H2,(H,35,42)/t20-,21-,23?. The Bertz CT molecular complexity index is 1480. The molecule has 15 heteroatoms. The number of pyridine rings is 1. The summed E-state index contributed by atoms with van der Waals surface area (Å²) in [5, 5.41) is 11.6. The van der Waals surface area contributed by atoms with Crippen molar-refractivity contribution in [3.63, 3.8) is 0 Å². The highest BCUT2D eigenvalue weighted by atomic mass is 35.5. The maximum atomic E-state index is 15.8. The molecule has 2 amide bonds. The molecule has 246 valence electrons. The molecule has 1 aromatic carbocycles. The number of sulfonamides is 1. The number of aliphatic hydroxyl groups excluding tert-OH is 1. The summed E-state index contributed by atoms with van der Waals surface area (Å²) in [7, 11) is -3.80. The molecule has 5 rings (SSSR count). The van der Waals surface area contributed by atoms with Crippen LogP contribution in [0.2, 0.25) is 5.15 Å². The number of amides is 2. The fraction of sp³-hybridized carbons (Fsp3) is 0.567. The van der Waals surface area contributed by atoms with Gasteiger partial charge in [0.2, 0.25) is 21.8 Å². The molecule has 3 fully saturated rings. The summed E-state index contributed by atoms with van der Waals surface area (Å²) in [5.74, 6) is -4.55. The largest absolute Gasteiger partial charge is 0.395 e. The first-order chi connectivity index (χ1) is 21.4. The first-order valence-electron chi connectivity index (χ1n) is 15.3. The summed E-state index contributed by atoms with van der Waals surface area (Å²) in [6.07, 6.45) is 2.17. The zero-order valence-electron chi connectivity index (χ0n) is 24.9. The number of carbonyl (C=O) groups is 2. The number of halogens is 3. The highest BCUT2D eigenvalue weighted by molar-refractivity contribution is 7.89. The zero-order valence-corrected chi connectivity index (χ0v) is 26.4. The van der Waals surface area contributed by atoms with Gasteiger partial charge < -0.3 is 26.0 Å². The minimum Gasteiger partial charge on any atom is -0.395 e. The topological polar surface area (TPSA) is 149 Å². The van der Waals surface area contributed by atoms with Gasteiger partial charge in [-0.05, 0) is 68.5 Å². The van der Waals surface area contributed by atoms with Gasteiger partial charge in [0, 0.05) is 74.8 Å². The van der Waals surface area contributed by atoms with Gasteiger partial charge in [-0.3, -0.25) is 9.59 Å². The van der Waals surface area contributed by atoms with Crippen LogP contribution in [0.25, 0.3) is 0 Å². The second-order valence-corrected chi connectivity index (χ2v) is 14.3. The molecule has 11 nitrogen and oxygen atoms in total. The van der Waals surface area contributed by atoms with E-state index < -0.39 is 27.9 Å². The van der Waals surface area contributed by atoms with Crippen molar-refractivity contribution in [1.82, 2.24) is 14.6 Å². The molecule has 3 aliphatic rings. The molecule has 2 aromatic rings. The fourth-order valence-electron chi connectivity index (χ4n) is 6.26. The lowest BCUT2D eigenvalue weighted by molar-refractivity contribution is -0.129. The summed E-state index contributed by atoms with van der Waals surface area (Å²) in [5.41, 5.74) is 6.03. The number of piperazine rings is 1. The summed E-state index contributed by atoms with van der Waals surface area (Å²) in [6.45, 7) is 1.20. The highest BCUT2D eigenvalue weighted by Gasteiger charge is 2.44. The Morgan fingerprint density at radius 2 is 1.76 bits per heavy atom. The number of nitrogens with one attached hydrogen (secondary N) is 1. The average molecular weight is 669 g/mol. The van der Waals surface area contributed by atoms with Crippen LogP contribution in [-0.4, -0.2) is 86.5 Å². The minimum absolute atomic E-state index is 0.0194. The van der Waals surface area contributed by atoms with Crippen LogP contribution >= 0.6 is 11.6 Å². The summed E-state index contributed by atoms with van der Waals surface area (Å²) in [4.78, 5) is 32.2. The number of anilines is 2. The molecule has 1 unspecified atom stereocenters. The Balaban J connectivity index is 1.20. The van der Waals surface area contributed by atoms with E-state index in [-0.39, 0.29) is 91.3 Å². The molecule has 1 saturated carbocycles. The minimum atomic E-state index is -3.80. The zero-order chi connectivity index (χ0) is 32.4. The molecular formula is C30H39ClF2N6O5S. The predicted octanol–water partition coefficient (Wildman–Crippen LogP) is 2.71. The van der Waals surface area contributed by atoms with Crippen LogP contribution in [0.5, 0.6) is 0 Å². The first-order valence-corrected chi connectivity index (χ1v) is 17.1. The predicted molar refractivity (Wildman–Crippen MR) is 166 cm³/mol. The SMILES string of the molecule is NC(CO)CNC(=O)[C@H]1CC[C@H](C(F)(F)c2cc(Cl)nc(N3CCN(S(=O)(=O)c4ccc(N5CCCC5=O)cc4)CC3)c2)CC1. The van der Waals surface area contributed by atoms with Crippen LogP contribution in [0.4, 0.5) is 20.3 Å². The van der Waals surface area contributed by atoms with Gasteiger partial charge in [0.05, 0.1) is 11.5 Å². The van der Waals surface area contributed by atoms with Crippen LogP contribution in [0, 0.1) is 11.8 Å². The van der Waals surface area contributed by atoms with Crippen LogP contribution in [0.3, 0.4) is 0 Å². The Hall–Kier alpha value is -2.91. The average Bonchev–Trinajstić information content (AvgIpc) is 3.48. The number of aliphatic hydroxyl groups is 1. The lowest BCUT2D eigenvalue weighted by atomic mass is 9.77. The quantitative estimate of drug-likeness (QED) is 0.327. The maximum Gasteiger partial charge on any atom is 0.276 e. The van der Waals surface area contributed by atoms with Gasteiger partial charge in [-0.2, -0.15) is 4.31 Å². The van der Waals surface area contributed by atoms with E-state index in [1.807, 2.05) is 0 Å². The van der Waals surface area contributed by atoms with Crippen molar-refractivity contribution < 1.29 is 31.9 Å². The number of hydrogen-bond donors (Lipinski definition) is 3. The first kappa shape index (κ1) is 33.5. The van der Waals surface area contributed by atoms with E-state index >= 15 is 8.78 Å². The van der Waals surface area contributed by atoms with Gasteiger partial charge in [0.15, 0.2) is 0 Å². The third kappa shape index (κ3) is 7.40. The molecule has 2 aliphatic heterocycles. The number of benzene rings is 1. The van der Waals surface area contributed by atoms with Crippen molar-refractivity contribution in [3.8, 4) is 0 Å². The molecule has 4 N–H and O–H groups in total. The number of rotatable bonds is 10. The van der Waals surface area contributed by atoms with Gasteiger partial charge in [-0.15, -0.1) is 0 Å². The lowest BCUT2D eigenvalue weighted by Gasteiger charge is -2.36. The van der Waals surface area contributed by atoms with E-state index in [0.29, 0.717) is 31.5 Å². The molecule has 1 aliphatic carbocycles. The highest BCUT2D eigenvalue weighted by Crippen LogP contribution is 2.46. The van der Waals surface area contributed by atoms with Crippen molar-refractivity contribution >= 4 is 44.9 Å². The molecule has 3 heterocycles. The van der Waals surface area contributed by atoms with Crippen LogP contribution in [-0.2, 0) is 25.5 Å². The molecule has 45 heavy (non-hydrogen) atoms. The third-order valence-corrected chi connectivity index (χ3v) is 11.1. The van der Waals surface area contributed by atoms with Crippen LogP contribution in [0.1, 0.15) is 44.1 Å². The van der Waals surface area contributed by atoms with E-state index in [0.717, 1.165) is 6.42 Å². The monoisotopic (exact) mass is 668 g/mol. The van der Waals surface area contributed by atoms with Crippen molar-refractivity contribution in [3.05, 3.63) is 47.1 Å². The van der Waals surface area contributed by atoms with Crippen LogP contribution < -0.4 is 20.9 Å². The number of alkyl halides is 2. The lowest BCUT2D eigenvalue weighted by Crippen LogP contribution is -2.49. The van der Waals surface area contributed by atoms with Crippen molar-refractivity contribution in [2.75, 3.05) is 55.7 Å². The van der Waals surface area contributed by atoms with Crippen molar-refractivity contribution in [1.29, 1.82) is 0 Å². The van der Waals surface area contributed by atoms with Gasteiger partial charge in [-0.1, -0.05) is 11.6 Å². The molecule has 0 bridgehead atoms. The summed E-state index contributed by atoms with van der Waals surface area (Å²) < 4.78 is 59.6. The molecule has 2 saturated heterocycles. The van der Waals surface area contributed by atoms with E-state index in [1.165, 1.54) is 28.6 Å². The fourth-order valence-corrected chi connectivity index (χ4v) is 7.88. The Labute approximate surface area is 266 Å². The second-order valence-electron chi connectivity index (χ2n) is 11.9. The molecule has 1 atom stereocenters. The number of aromatic nitrogens is 1. The van der Waals surface area contributed by atoms with E-state index in [4.69, 9.17) is 22.4 Å². The molecule has 0 spiro atoms. The Kier molecular flexibility index (Phi) is 10.3. The smallest absolute Gasteiger partial charge is 0.276 e.